The van der Waals surface area contributed by atoms with E-state index in [0.29, 0.717) is 18.9 Å². The maximum absolute atomic E-state index is 12.2. The van der Waals surface area contributed by atoms with Gasteiger partial charge in [0.15, 0.2) is 5.82 Å². The van der Waals surface area contributed by atoms with Crippen LogP contribution < -0.4 is 16.6 Å². The molecule has 0 radical (unpaired) electrons. The molecule has 1 aromatic heterocycles. The van der Waals surface area contributed by atoms with Gasteiger partial charge in [0.1, 0.15) is 0 Å². The third-order valence-electron chi connectivity index (χ3n) is 3.19. The van der Waals surface area contributed by atoms with Crippen LogP contribution in [-0.4, -0.2) is 22.1 Å². The fraction of sp³-hybridized carbons (Fsp3) is 0.714. The third-order valence-corrected chi connectivity index (χ3v) is 3.19. The van der Waals surface area contributed by atoms with Crippen molar-refractivity contribution in [1.82, 2.24) is 9.55 Å². The molecule has 3 N–H and O–H groups in total. The normalized spacial score (nSPS) is 13.3. The highest BCUT2D eigenvalue weighted by Crippen LogP contribution is 2.23. The first-order valence-corrected chi connectivity index (χ1v) is 6.92. The van der Waals surface area contributed by atoms with E-state index >= 15 is 0 Å². The van der Waals surface area contributed by atoms with E-state index in [-0.39, 0.29) is 17.0 Å². The first kappa shape index (κ1) is 15.7. The summed E-state index contributed by atoms with van der Waals surface area (Å²) in [4.78, 5) is 16.4. The topological polar surface area (TPSA) is 72.9 Å². The number of aromatic nitrogens is 2. The average Bonchev–Trinajstić information content (AvgIpc) is 2.32. The van der Waals surface area contributed by atoms with Crippen molar-refractivity contribution in [3.63, 3.8) is 0 Å². The fourth-order valence-corrected chi connectivity index (χ4v) is 2.02. The Morgan fingerprint density at radius 2 is 2.16 bits per heavy atom. The van der Waals surface area contributed by atoms with E-state index in [1.54, 1.807) is 17.0 Å². The standard InChI is InChI=1S/C14H26N4O/c1-5-9-18-10-8-16-12(13(18)19)17-11(6-7-15)14(2,3)4/h8,10-11H,5-7,9,15H2,1-4H3,(H,16,17). The van der Waals surface area contributed by atoms with Gasteiger partial charge in [0.2, 0.25) is 0 Å². The molecule has 0 fully saturated rings. The summed E-state index contributed by atoms with van der Waals surface area (Å²) in [6.45, 7) is 9.75. The van der Waals surface area contributed by atoms with E-state index in [1.807, 2.05) is 6.92 Å². The summed E-state index contributed by atoms with van der Waals surface area (Å²) in [6.07, 6.45) is 5.13. The third kappa shape index (κ3) is 4.35. The van der Waals surface area contributed by atoms with Crippen molar-refractivity contribution >= 4 is 5.82 Å². The second kappa shape index (κ2) is 6.70. The maximum atomic E-state index is 12.2. The Balaban J connectivity index is 2.97. The minimum atomic E-state index is -0.0596. The zero-order chi connectivity index (χ0) is 14.5. The number of anilines is 1. The molecule has 5 nitrogen and oxygen atoms in total. The molecule has 19 heavy (non-hydrogen) atoms. The Labute approximate surface area is 115 Å². The highest BCUT2D eigenvalue weighted by atomic mass is 16.1. The van der Waals surface area contributed by atoms with Crippen LogP contribution >= 0.6 is 0 Å². The molecule has 108 valence electrons. The first-order valence-electron chi connectivity index (χ1n) is 6.92. The number of hydrogen-bond acceptors (Lipinski definition) is 4. The lowest BCUT2D eigenvalue weighted by atomic mass is 9.85. The fourth-order valence-electron chi connectivity index (χ4n) is 2.02. The minimum absolute atomic E-state index is 0.0267. The van der Waals surface area contributed by atoms with Gasteiger partial charge in [-0.25, -0.2) is 4.98 Å². The number of nitrogens with zero attached hydrogens (tertiary/aromatic N) is 2. The van der Waals surface area contributed by atoms with Crippen molar-refractivity contribution in [2.24, 2.45) is 11.1 Å². The SMILES string of the molecule is CCCn1ccnc(NC(CCN)C(C)(C)C)c1=O. The Morgan fingerprint density at radius 1 is 1.47 bits per heavy atom. The molecule has 0 bridgehead atoms. The molecule has 5 heteroatoms. The molecule has 1 unspecified atom stereocenters. The van der Waals surface area contributed by atoms with Gasteiger partial charge >= 0.3 is 0 Å². The smallest absolute Gasteiger partial charge is 0.293 e. The molecule has 1 rings (SSSR count). The molecular formula is C14H26N4O. The molecular weight excluding hydrogens is 240 g/mol. The van der Waals surface area contributed by atoms with Crippen LogP contribution in [0.1, 0.15) is 40.5 Å². The van der Waals surface area contributed by atoms with Crippen molar-refractivity contribution in [3.05, 3.63) is 22.7 Å². The predicted molar refractivity (Wildman–Crippen MR) is 79.3 cm³/mol. The lowest BCUT2D eigenvalue weighted by Crippen LogP contribution is -2.38. The van der Waals surface area contributed by atoms with E-state index < -0.39 is 0 Å². The van der Waals surface area contributed by atoms with Crippen LogP contribution in [0.5, 0.6) is 0 Å². The summed E-state index contributed by atoms with van der Waals surface area (Å²) in [5, 5.41) is 3.26. The summed E-state index contributed by atoms with van der Waals surface area (Å²) < 4.78 is 1.69. The second-order valence-corrected chi connectivity index (χ2v) is 5.91. The average molecular weight is 266 g/mol. The summed E-state index contributed by atoms with van der Waals surface area (Å²) in [5.74, 6) is 0.421. The second-order valence-electron chi connectivity index (χ2n) is 5.91. The van der Waals surface area contributed by atoms with Gasteiger partial charge in [-0.1, -0.05) is 27.7 Å². The zero-order valence-corrected chi connectivity index (χ0v) is 12.4. The predicted octanol–water partition coefficient (Wildman–Crippen LogP) is 1.83. The molecule has 0 saturated heterocycles. The largest absolute Gasteiger partial charge is 0.362 e. The van der Waals surface area contributed by atoms with Crippen molar-refractivity contribution < 1.29 is 0 Å². The molecule has 1 atom stereocenters. The number of nitrogens with two attached hydrogens (primary N) is 1. The van der Waals surface area contributed by atoms with E-state index in [9.17, 15) is 4.79 Å². The first-order chi connectivity index (χ1) is 8.90. The molecule has 0 aliphatic rings. The number of nitrogens with one attached hydrogen (secondary N) is 1. The van der Waals surface area contributed by atoms with Crippen molar-refractivity contribution in [2.75, 3.05) is 11.9 Å². The van der Waals surface area contributed by atoms with Gasteiger partial charge in [0, 0.05) is 25.0 Å². The Morgan fingerprint density at radius 3 is 2.68 bits per heavy atom. The molecule has 1 heterocycles. The van der Waals surface area contributed by atoms with Gasteiger partial charge in [-0.15, -0.1) is 0 Å². The van der Waals surface area contributed by atoms with Gasteiger partial charge < -0.3 is 15.6 Å². The molecule has 1 aromatic rings. The van der Waals surface area contributed by atoms with E-state index in [4.69, 9.17) is 5.73 Å². The van der Waals surface area contributed by atoms with Gasteiger partial charge in [0.05, 0.1) is 0 Å². The van der Waals surface area contributed by atoms with Crippen LogP contribution in [0.4, 0.5) is 5.82 Å². The van der Waals surface area contributed by atoms with Gasteiger partial charge in [-0.3, -0.25) is 4.79 Å². The van der Waals surface area contributed by atoms with Gasteiger partial charge in [-0.2, -0.15) is 0 Å². The van der Waals surface area contributed by atoms with E-state index in [1.165, 1.54) is 0 Å². The van der Waals surface area contributed by atoms with Crippen molar-refractivity contribution in [3.8, 4) is 0 Å². The van der Waals surface area contributed by atoms with Crippen LogP contribution in [0.25, 0.3) is 0 Å². The van der Waals surface area contributed by atoms with Crippen LogP contribution in [0.2, 0.25) is 0 Å². The number of hydrogen-bond donors (Lipinski definition) is 2. The molecule has 0 aliphatic heterocycles. The van der Waals surface area contributed by atoms with E-state index in [2.05, 4.69) is 31.1 Å². The zero-order valence-electron chi connectivity index (χ0n) is 12.4. The lowest BCUT2D eigenvalue weighted by molar-refractivity contribution is 0.327. The Hall–Kier alpha value is -1.36. The maximum Gasteiger partial charge on any atom is 0.293 e. The monoisotopic (exact) mass is 266 g/mol. The summed E-state index contributed by atoms with van der Waals surface area (Å²) in [5.41, 5.74) is 5.62. The molecule has 0 aliphatic carbocycles. The Bertz CT molecular complexity index is 447. The summed E-state index contributed by atoms with van der Waals surface area (Å²) in [6, 6.07) is 0.134. The highest BCUT2D eigenvalue weighted by Gasteiger charge is 2.25. The van der Waals surface area contributed by atoms with Gasteiger partial charge in [0.25, 0.3) is 5.56 Å². The quantitative estimate of drug-likeness (QED) is 0.824. The van der Waals surface area contributed by atoms with E-state index in [0.717, 1.165) is 12.8 Å². The lowest BCUT2D eigenvalue weighted by Gasteiger charge is -2.31. The molecule has 0 amide bonds. The van der Waals surface area contributed by atoms with Crippen molar-refractivity contribution in [1.29, 1.82) is 0 Å². The van der Waals surface area contributed by atoms with Crippen LogP contribution in [-0.2, 0) is 6.54 Å². The number of aryl methyl sites for hydroxylation is 1. The number of rotatable bonds is 6. The molecule has 0 saturated carbocycles. The Kier molecular flexibility index (Phi) is 5.54. The molecule has 0 spiro atoms. The summed E-state index contributed by atoms with van der Waals surface area (Å²) >= 11 is 0. The minimum Gasteiger partial charge on any atom is -0.362 e. The van der Waals surface area contributed by atoms with Crippen LogP contribution in [0.15, 0.2) is 17.2 Å². The van der Waals surface area contributed by atoms with Crippen molar-refractivity contribution in [2.45, 2.75) is 53.1 Å². The summed E-state index contributed by atoms with van der Waals surface area (Å²) in [7, 11) is 0. The highest BCUT2D eigenvalue weighted by molar-refractivity contribution is 5.33. The van der Waals surface area contributed by atoms with Gasteiger partial charge in [-0.05, 0) is 24.8 Å². The van der Waals surface area contributed by atoms with Crippen LogP contribution in [0, 0.1) is 5.41 Å². The molecule has 0 aromatic carbocycles. The van der Waals surface area contributed by atoms with Crippen LogP contribution in [0.3, 0.4) is 0 Å².